The molecule has 0 amide bonds. The molecular formula is C24H28FN7O. The molecule has 2 bridgehead atoms. The first kappa shape index (κ1) is 22.4. The summed E-state index contributed by atoms with van der Waals surface area (Å²) in [6.07, 6.45) is 5.80. The maximum atomic E-state index is 14.2. The first-order chi connectivity index (χ1) is 15.9. The van der Waals surface area contributed by atoms with Gasteiger partial charge in [-0.25, -0.2) is 9.37 Å². The summed E-state index contributed by atoms with van der Waals surface area (Å²) < 4.78 is 20.3. The predicted molar refractivity (Wildman–Crippen MR) is 129 cm³/mol. The second-order valence-electron chi connectivity index (χ2n) is 8.25. The molecule has 1 saturated carbocycles. The van der Waals surface area contributed by atoms with Gasteiger partial charge in [0, 0.05) is 54.3 Å². The van der Waals surface area contributed by atoms with Crippen LogP contribution < -0.4 is 21.2 Å². The minimum Gasteiger partial charge on any atom is -0.482 e. The zero-order chi connectivity index (χ0) is 23.5. The number of pyridine rings is 1. The second-order valence-corrected chi connectivity index (χ2v) is 8.25. The minimum absolute atomic E-state index is 0.132. The molecule has 6 N–H and O–H groups in total. The summed E-state index contributed by atoms with van der Waals surface area (Å²) in [4.78, 5) is 4.32. The fraction of sp³-hybridized carbons (Fsp3) is 0.333. The zero-order valence-corrected chi connectivity index (χ0v) is 18.7. The number of fused-ring (bicyclic) bond motifs is 3. The number of benzene rings is 1. The summed E-state index contributed by atoms with van der Waals surface area (Å²) >= 11 is 0. The number of hydrogen-bond acceptors (Lipinski definition) is 8. The Balaban J connectivity index is 1.94. The number of allylic oxidation sites excluding steroid dienone is 1. The van der Waals surface area contributed by atoms with E-state index in [1.807, 2.05) is 0 Å². The van der Waals surface area contributed by atoms with Gasteiger partial charge in [0.05, 0.1) is 11.4 Å². The van der Waals surface area contributed by atoms with Crippen molar-refractivity contribution in [1.82, 2.24) is 15.7 Å². The summed E-state index contributed by atoms with van der Waals surface area (Å²) in [5, 5.41) is 24.9. The van der Waals surface area contributed by atoms with Crippen LogP contribution in [0.2, 0.25) is 0 Å². The fourth-order valence-corrected chi connectivity index (χ4v) is 4.02. The Bertz CT molecular complexity index is 1150. The lowest BCUT2D eigenvalue weighted by atomic mass is 9.90. The molecule has 1 fully saturated rings. The molecule has 2 aromatic rings. The third kappa shape index (κ3) is 4.57. The van der Waals surface area contributed by atoms with Crippen LogP contribution in [0.4, 0.5) is 10.2 Å². The normalized spacial score (nSPS) is 22.3. The van der Waals surface area contributed by atoms with Crippen LogP contribution in [0, 0.1) is 16.6 Å². The smallest absolute Gasteiger partial charge is 0.166 e. The molecule has 1 aliphatic heterocycles. The van der Waals surface area contributed by atoms with E-state index in [2.05, 4.69) is 20.8 Å². The highest BCUT2D eigenvalue weighted by atomic mass is 19.1. The Labute approximate surface area is 192 Å². The first-order valence-electron chi connectivity index (χ1n) is 11.0. The third-order valence-electron chi connectivity index (χ3n) is 6.04. The molecule has 0 spiro atoms. The number of rotatable bonds is 4. The van der Waals surface area contributed by atoms with E-state index in [9.17, 15) is 4.39 Å². The summed E-state index contributed by atoms with van der Waals surface area (Å²) in [7, 11) is 1.66. The molecule has 9 heteroatoms. The average Bonchev–Trinajstić information content (AvgIpc) is 2.77. The van der Waals surface area contributed by atoms with Gasteiger partial charge in [-0.2, -0.15) is 5.10 Å². The molecule has 2 aliphatic rings. The van der Waals surface area contributed by atoms with E-state index in [1.165, 1.54) is 18.3 Å². The van der Waals surface area contributed by atoms with Crippen molar-refractivity contribution in [1.29, 1.82) is 10.8 Å². The summed E-state index contributed by atoms with van der Waals surface area (Å²) in [5.41, 5.74) is 12.6. The van der Waals surface area contributed by atoms with Gasteiger partial charge in [-0.3, -0.25) is 5.41 Å². The van der Waals surface area contributed by atoms with Crippen molar-refractivity contribution in [2.45, 2.75) is 44.8 Å². The molecule has 1 atom stereocenters. The first-order valence-corrected chi connectivity index (χ1v) is 11.0. The standard InChI is InChI=1S/C24H28FN7O/c1-13-19-10-16(25)6-7-18(19)22(27)20(32-29-2)8-14(11-26)23(31-17-4-3-5-17)15-9-21(33-13)24(28)30-12-15/h6-7,9-13,17,26-27,29,31H,3-5,8H2,1-2H3,(H2,28,30)/b23-14-,26-11?,27-22?,32-20-/t13-/m1/s1. The summed E-state index contributed by atoms with van der Waals surface area (Å²) in [6.45, 7) is 1.78. The highest BCUT2D eigenvalue weighted by Crippen LogP contribution is 2.33. The van der Waals surface area contributed by atoms with Gasteiger partial charge in [0.25, 0.3) is 0 Å². The largest absolute Gasteiger partial charge is 0.482 e. The van der Waals surface area contributed by atoms with Crippen LogP contribution in [-0.4, -0.2) is 35.7 Å². The van der Waals surface area contributed by atoms with Crippen molar-refractivity contribution in [2.75, 3.05) is 12.8 Å². The Morgan fingerprint density at radius 1 is 1.30 bits per heavy atom. The monoisotopic (exact) mass is 449 g/mol. The number of ether oxygens (including phenoxy) is 1. The maximum absolute atomic E-state index is 14.2. The molecule has 1 aliphatic carbocycles. The van der Waals surface area contributed by atoms with E-state index >= 15 is 0 Å². The van der Waals surface area contributed by atoms with Crippen LogP contribution in [0.5, 0.6) is 5.75 Å². The Morgan fingerprint density at radius 3 is 2.76 bits per heavy atom. The highest BCUT2D eigenvalue weighted by Gasteiger charge is 2.26. The Morgan fingerprint density at radius 2 is 2.09 bits per heavy atom. The maximum Gasteiger partial charge on any atom is 0.166 e. The van der Waals surface area contributed by atoms with Gasteiger partial charge < -0.3 is 26.6 Å². The fourth-order valence-electron chi connectivity index (χ4n) is 4.02. The van der Waals surface area contributed by atoms with E-state index < -0.39 is 11.9 Å². The third-order valence-corrected chi connectivity index (χ3v) is 6.04. The predicted octanol–water partition coefficient (Wildman–Crippen LogP) is 3.79. The van der Waals surface area contributed by atoms with E-state index in [0.29, 0.717) is 34.2 Å². The van der Waals surface area contributed by atoms with Gasteiger partial charge in [-0.05, 0) is 56.0 Å². The number of nitrogens with one attached hydrogen (secondary N) is 4. The summed E-state index contributed by atoms with van der Waals surface area (Å²) in [5.74, 6) is 0.152. The molecule has 1 aromatic heterocycles. The SMILES string of the molecule is CN/N=C1/C/C(C=N)=C(/NC2CCC2)c2cnc(N)c(c2)O[C@H](C)c2cc(F)ccc2C1=N. The summed E-state index contributed by atoms with van der Waals surface area (Å²) in [6, 6.07) is 6.34. The number of hydrazone groups is 1. The van der Waals surface area contributed by atoms with Gasteiger partial charge in [0.2, 0.25) is 0 Å². The molecule has 8 nitrogen and oxygen atoms in total. The van der Waals surface area contributed by atoms with Crippen molar-refractivity contribution < 1.29 is 9.13 Å². The zero-order valence-electron chi connectivity index (χ0n) is 18.7. The lowest BCUT2D eigenvalue weighted by Crippen LogP contribution is -2.35. The van der Waals surface area contributed by atoms with Crippen LogP contribution in [-0.2, 0) is 0 Å². The Hall–Kier alpha value is -3.75. The van der Waals surface area contributed by atoms with Crippen LogP contribution >= 0.6 is 0 Å². The van der Waals surface area contributed by atoms with Gasteiger partial charge in [0.1, 0.15) is 11.9 Å². The molecule has 2 heterocycles. The minimum atomic E-state index is -0.597. The number of halogens is 1. The van der Waals surface area contributed by atoms with Gasteiger partial charge in [-0.1, -0.05) is 0 Å². The second kappa shape index (κ2) is 9.40. The number of hydrogen-bond donors (Lipinski definition) is 5. The van der Waals surface area contributed by atoms with E-state index in [-0.39, 0.29) is 18.0 Å². The number of nitrogens with two attached hydrogens (primary N) is 1. The van der Waals surface area contributed by atoms with Crippen LogP contribution in [0.15, 0.2) is 41.1 Å². The highest BCUT2D eigenvalue weighted by molar-refractivity contribution is 6.48. The molecule has 1 aromatic carbocycles. The Kier molecular flexibility index (Phi) is 6.39. The molecule has 172 valence electrons. The van der Waals surface area contributed by atoms with Crippen LogP contribution in [0.3, 0.4) is 0 Å². The molecule has 0 radical (unpaired) electrons. The van der Waals surface area contributed by atoms with Crippen molar-refractivity contribution in [2.24, 2.45) is 5.10 Å². The molecule has 0 unspecified atom stereocenters. The lowest BCUT2D eigenvalue weighted by molar-refractivity contribution is 0.227. The van der Waals surface area contributed by atoms with E-state index in [1.54, 1.807) is 32.3 Å². The van der Waals surface area contributed by atoms with Gasteiger partial charge in [0.15, 0.2) is 11.6 Å². The number of anilines is 1. The molecule has 0 saturated heterocycles. The molecule has 33 heavy (non-hydrogen) atoms. The van der Waals surface area contributed by atoms with Crippen molar-refractivity contribution >= 4 is 29.2 Å². The van der Waals surface area contributed by atoms with Crippen LogP contribution in [0.25, 0.3) is 5.70 Å². The average molecular weight is 450 g/mol. The number of nitrogen functional groups attached to an aromatic ring is 1. The quantitative estimate of drug-likeness (QED) is 0.358. The van der Waals surface area contributed by atoms with Crippen LogP contribution in [0.1, 0.15) is 55.4 Å². The lowest BCUT2D eigenvalue weighted by Gasteiger charge is -2.30. The number of nitrogens with zero attached hydrogens (tertiary/aromatic N) is 2. The van der Waals surface area contributed by atoms with Crippen molar-refractivity contribution in [3.8, 4) is 5.75 Å². The topological polar surface area (TPSA) is 132 Å². The van der Waals surface area contributed by atoms with Gasteiger partial charge >= 0.3 is 0 Å². The van der Waals surface area contributed by atoms with Crippen molar-refractivity contribution in [3.63, 3.8) is 0 Å². The van der Waals surface area contributed by atoms with Gasteiger partial charge in [-0.15, -0.1) is 0 Å². The van der Waals surface area contributed by atoms with E-state index in [0.717, 1.165) is 30.5 Å². The van der Waals surface area contributed by atoms with Crippen molar-refractivity contribution in [3.05, 3.63) is 58.5 Å². The number of aromatic nitrogens is 1. The molecular weight excluding hydrogens is 421 g/mol. The molecule has 4 rings (SSSR count). The van der Waals surface area contributed by atoms with E-state index in [4.69, 9.17) is 21.3 Å².